The lowest BCUT2D eigenvalue weighted by Gasteiger charge is -2.18. The number of benzene rings is 2. The minimum absolute atomic E-state index is 0.0186. The molecule has 5 rings (SSSR count). The summed E-state index contributed by atoms with van der Waals surface area (Å²) in [4.78, 5) is 32.8. The van der Waals surface area contributed by atoms with Crippen LogP contribution in [0.3, 0.4) is 0 Å². The summed E-state index contributed by atoms with van der Waals surface area (Å²) in [6.07, 6.45) is 0. The number of hydrogen-bond donors (Lipinski definition) is 1. The molecule has 0 unspecified atom stereocenters. The highest BCUT2D eigenvalue weighted by atomic mass is 32.1. The van der Waals surface area contributed by atoms with Crippen molar-refractivity contribution < 1.29 is 19.1 Å². The van der Waals surface area contributed by atoms with Crippen molar-refractivity contribution in [1.29, 1.82) is 0 Å². The van der Waals surface area contributed by atoms with Gasteiger partial charge in [-0.25, -0.2) is 9.78 Å². The van der Waals surface area contributed by atoms with Crippen LogP contribution in [0.2, 0.25) is 0 Å². The summed E-state index contributed by atoms with van der Waals surface area (Å²) in [5, 5.41) is 3.70. The standard InChI is InChI=1S/C20H18N4O4S/c25-18(21-10-19-22-14-3-1-2-4-17(14)29-19)11-23-7-8-24(20(23)26)13-5-6-15-16(9-13)28-12-27-15/h1-6,9H,7-8,10-12H2,(H,21,25). The van der Waals surface area contributed by atoms with Crippen LogP contribution >= 0.6 is 11.3 Å². The van der Waals surface area contributed by atoms with E-state index in [4.69, 9.17) is 9.47 Å². The highest BCUT2D eigenvalue weighted by molar-refractivity contribution is 7.18. The number of carbonyl (C=O) groups excluding carboxylic acids is 2. The Balaban J connectivity index is 1.18. The molecule has 0 spiro atoms. The second kappa shape index (κ2) is 7.25. The summed E-state index contributed by atoms with van der Waals surface area (Å²) in [6.45, 7) is 1.57. The maximum absolute atomic E-state index is 12.7. The van der Waals surface area contributed by atoms with Gasteiger partial charge in [-0.05, 0) is 24.3 Å². The maximum Gasteiger partial charge on any atom is 0.325 e. The Kier molecular flexibility index (Phi) is 4.44. The lowest BCUT2D eigenvalue weighted by atomic mass is 10.2. The van der Waals surface area contributed by atoms with Crippen molar-refractivity contribution in [3.8, 4) is 11.5 Å². The normalized spacial score (nSPS) is 15.4. The molecule has 0 saturated carbocycles. The predicted octanol–water partition coefficient (Wildman–Crippen LogP) is 2.58. The lowest BCUT2D eigenvalue weighted by Crippen LogP contribution is -2.39. The number of para-hydroxylation sites is 1. The number of thiazole rings is 1. The Morgan fingerprint density at radius 3 is 2.90 bits per heavy atom. The number of hydrogen-bond acceptors (Lipinski definition) is 6. The fourth-order valence-electron chi connectivity index (χ4n) is 3.42. The van der Waals surface area contributed by atoms with Crippen LogP contribution in [-0.2, 0) is 11.3 Å². The van der Waals surface area contributed by atoms with E-state index in [0.717, 1.165) is 20.9 Å². The van der Waals surface area contributed by atoms with Gasteiger partial charge in [0, 0.05) is 24.8 Å². The van der Waals surface area contributed by atoms with Crippen LogP contribution in [0.25, 0.3) is 10.2 Å². The molecule has 148 valence electrons. The number of aromatic nitrogens is 1. The van der Waals surface area contributed by atoms with Crippen LogP contribution in [-0.4, -0.2) is 48.2 Å². The van der Waals surface area contributed by atoms with Gasteiger partial charge in [0.2, 0.25) is 12.7 Å². The molecule has 2 aliphatic heterocycles. The summed E-state index contributed by atoms with van der Waals surface area (Å²) in [5.41, 5.74) is 1.66. The molecule has 0 aliphatic carbocycles. The van der Waals surface area contributed by atoms with Crippen molar-refractivity contribution in [2.24, 2.45) is 0 Å². The topological polar surface area (TPSA) is 84.0 Å². The highest BCUT2D eigenvalue weighted by Crippen LogP contribution is 2.36. The molecule has 3 aromatic rings. The Bertz CT molecular complexity index is 1070. The molecule has 29 heavy (non-hydrogen) atoms. The summed E-state index contributed by atoms with van der Waals surface area (Å²) in [5.74, 6) is 1.10. The van der Waals surface area contributed by atoms with Gasteiger partial charge in [-0.1, -0.05) is 12.1 Å². The average Bonchev–Trinajstić information content (AvgIpc) is 3.44. The number of nitrogens with one attached hydrogen (secondary N) is 1. The fourth-order valence-corrected chi connectivity index (χ4v) is 4.33. The summed E-state index contributed by atoms with van der Waals surface area (Å²) in [7, 11) is 0. The Morgan fingerprint density at radius 2 is 2.00 bits per heavy atom. The quantitative estimate of drug-likeness (QED) is 0.699. The van der Waals surface area contributed by atoms with Gasteiger partial charge in [0.05, 0.1) is 16.8 Å². The molecule has 1 N–H and O–H groups in total. The third-order valence-corrected chi connectivity index (χ3v) is 5.91. The van der Waals surface area contributed by atoms with E-state index in [2.05, 4.69) is 10.3 Å². The van der Waals surface area contributed by atoms with Crippen LogP contribution in [0, 0.1) is 0 Å². The van der Waals surface area contributed by atoms with E-state index in [9.17, 15) is 9.59 Å². The Hall–Kier alpha value is -3.33. The van der Waals surface area contributed by atoms with E-state index in [0.29, 0.717) is 31.1 Å². The number of anilines is 1. The van der Waals surface area contributed by atoms with E-state index >= 15 is 0 Å². The Morgan fingerprint density at radius 1 is 1.14 bits per heavy atom. The largest absolute Gasteiger partial charge is 0.454 e. The van der Waals surface area contributed by atoms with E-state index in [1.807, 2.05) is 30.3 Å². The van der Waals surface area contributed by atoms with Crippen molar-refractivity contribution in [2.75, 3.05) is 31.3 Å². The third-order valence-electron chi connectivity index (χ3n) is 4.87. The van der Waals surface area contributed by atoms with Crippen molar-refractivity contribution in [1.82, 2.24) is 15.2 Å². The molecule has 2 aromatic carbocycles. The molecule has 0 atom stereocenters. The number of carbonyl (C=O) groups is 2. The molecule has 3 amide bonds. The minimum atomic E-state index is -0.204. The van der Waals surface area contributed by atoms with E-state index in [1.165, 1.54) is 4.90 Å². The number of amides is 3. The van der Waals surface area contributed by atoms with Crippen molar-refractivity contribution in [3.63, 3.8) is 0 Å². The SMILES string of the molecule is O=C(CN1CCN(c2ccc3c(c2)OCO3)C1=O)NCc1nc2ccccc2s1. The first-order valence-corrected chi connectivity index (χ1v) is 10.1. The van der Waals surface area contributed by atoms with Gasteiger partial charge in [0.15, 0.2) is 11.5 Å². The summed E-state index contributed by atoms with van der Waals surface area (Å²) >= 11 is 1.55. The van der Waals surface area contributed by atoms with E-state index in [-0.39, 0.29) is 25.3 Å². The summed E-state index contributed by atoms with van der Waals surface area (Å²) < 4.78 is 11.8. The molecule has 1 aromatic heterocycles. The van der Waals surface area contributed by atoms with Gasteiger partial charge in [0.25, 0.3) is 0 Å². The molecule has 8 nitrogen and oxygen atoms in total. The fraction of sp³-hybridized carbons (Fsp3) is 0.250. The molecular weight excluding hydrogens is 392 g/mol. The third kappa shape index (κ3) is 3.44. The molecular formula is C20H18N4O4S. The average molecular weight is 410 g/mol. The molecule has 0 radical (unpaired) electrons. The summed E-state index contributed by atoms with van der Waals surface area (Å²) in [6, 6.07) is 13.1. The molecule has 0 bridgehead atoms. The second-order valence-corrected chi connectivity index (χ2v) is 7.86. The molecule has 3 heterocycles. The smallest absolute Gasteiger partial charge is 0.325 e. The van der Waals surface area contributed by atoms with Gasteiger partial charge in [-0.15, -0.1) is 11.3 Å². The predicted molar refractivity (Wildman–Crippen MR) is 108 cm³/mol. The van der Waals surface area contributed by atoms with Crippen LogP contribution < -0.4 is 19.7 Å². The van der Waals surface area contributed by atoms with Gasteiger partial charge in [0.1, 0.15) is 11.6 Å². The molecule has 1 saturated heterocycles. The lowest BCUT2D eigenvalue weighted by molar-refractivity contribution is -0.121. The van der Waals surface area contributed by atoms with Crippen molar-refractivity contribution in [3.05, 3.63) is 47.5 Å². The maximum atomic E-state index is 12.7. The van der Waals surface area contributed by atoms with Gasteiger partial charge >= 0.3 is 6.03 Å². The Labute approximate surface area is 170 Å². The van der Waals surface area contributed by atoms with Gasteiger partial charge in [-0.3, -0.25) is 9.69 Å². The monoisotopic (exact) mass is 410 g/mol. The minimum Gasteiger partial charge on any atom is -0.454 e. The zero-order valence-corrected chi connectivity index (χ0v) is 16.3. The molecule has 1 fully saturated rings. The van der Waals surface area contributed by atoms with E-state index < -0.39 is 0 Å². The van der Waals surface area contributed by atoms with Crippen molar-refractivity contribution >= 4 is 39.2 Å². The first-order valence-electron chi connectivity index (χ1n) is 9.24. The number of urea groups is 1. The van der Waals surface area contributed by atoms with Crippen LogP contribution in [0.15, 0.2) is 42.5 Å². The zero-order chi connectivity index (χ0) is 19.8. The number of nitrogens with zero attached hydrogens (tertiary/aromatic N) is 3. The van der Waals surface area contributed by atoms with E-state index in [1.54, 1.807) is 28.4 Å². The molecule has 2 aliphatic rings. The van der Waals surface area contributed by atoms with Crippen LogP contribution in [0.1, 0.15) is 5.01 Å². The number of fused-ring (bicyclic) bond motifs is 2. The van der Waals surface area contributed by atoms with Crippen molar-refractivity contribution in [2.45, 2.75) is 6.54 Å². The zero-order valence-electron chi connectivity index (χ0n) is 15.5. The van der Waals surface area contributed by atoms with Gasteiger partial charge < -0.3 is 19.7 Å². The van der Waals surface area contributed by atoms with Crippen LogP contribution in [0.4, 0.5) is 10.5 Å². The van der Waals surface area contributed by atoms with Gasteiger partial charge in [-0.2, -0.15) is 0 Å². The number of ether oxygens (including phenoxy) is 2. The first kappa shape index (κ1) is 17.7. The first-order chi connectivity index (χ1) is 14.2. The van der Waals surface area contributed by atoms with Crippen LogP contribution in [0.5, 0.6) is 11.5 Å². The highest BCUT2D eigenvalue weighted by Gasteiger charge is 2.31. The molecule has 9 heteroatoms. The second-order valence-electron chi connectivity index (χ2n) is 6.75. The number of rotatable bonds is 5.